The summed E-state index contributed by atoms with van der Waals surface area (Å²) in [5.41, 5.74) is 2.12. The number of carboxylic acid groups (broad SMARTS) is 1. The first-order valence-corrected chi connectivity index (χ1v) is 13.6. The van der Waals surface area contributed by atoms with Crippen molar-refractivity contribution in [1.82, 2.24) is 5.32 Å². The highest BCUT2D eigenvalue weighted by Gasteiger charge is 2.35. The van der Waals surface area contributed by atoms with Crippen LogP contribution in [0, 0.1) is 0 Å². The standard InChI is InChI=1S/C28H30NO7P/c30-27(31)25(16-17-35-19-23-12-6-2-7-13-23)21-37(33,34)26(18-22-10-4-1-5-11-22)29-28(32)36-20-24-14-8-3-9-15-24/h1-16,26H,17-21H2,(H,29,32)(H,30,31)(H,33,34)/b25-16-/t26-/m0/s1. The summed E-state index contributed by atoms with van der Waals surface area (Å²) in [6, 6.07) is 27.2. The number of hydrogen-bond donors (Lipinski definition) is 3. The van der Waals surface area contributed by atoms with Gasteiger partial charge in [0.25, 0.3) is 0 Å². The highest BCUT2D eigenvalue weighted by molar-refractivity contribution is 7.59. The zero-order valence-corrected chi connectivity index (χ0v) is 21.1. The molecule has 0 spiro atoms. The Morgan fingerprint density at radius 2 is 1.35 bits per heavy atom. The molecule has 1 unspecified atom stereocenters. The molecule has 0 saturated heterocycles. The predicted octanol–water partition coefficient (Wildman–Crippen LogP) is 4.98. The van der Waals surface area contributed by atoms with Gasteiger partial charge in [0.15, 0.2) is 0 Å². The van der Waals surface area contributed by atoms with Crippen molar-refractivity contribution in [2.45, 2.75) is 25.4 Å². The number of rotatable bonds is 13. The average Bonchev–Trinajstić information content (AvgIpc) is 2.90. The van der Waals surface area contributed by atoms with E-state index < -0.39 is 31.4 Å². The molecule has 1 amide bonds. The second kappa shape index (κ2) is 14.1. The van der Waals surface area contributed by atoms with Crippen LogP contribution in [0.25, 0.3) is 0 Å². The third-order valence-electron chi connectivity index (χ3n) is 5.49. The molecule has 0 radical (unpaired) electrons. The van der Waals surface area contributed by atoms with Crippen molar-refractivity contribution in [3.8, 4) is 0 Å². The van der Waals surface area contributed by atoms with Crippen molar-refractivity contribution in [2.24, 2.45) is 0 Å². The molecule has 2 atom stereocenters. The number of carbonyl (C=O) groups excluding carboxylic acids is 1. The van der Waals surface area contributed by atoms with Crippen LogP contribution < -0.4 is 5.32 Å². The lowest BCUT2D eigenvalue weighted by molar-refractivity contribution is -0.132. The molecule has 3 rings (SSSR count). The van der Waals surface area contributed by atoms with Crippen molar-refractivity contribution >= 4 is 19.4 Å². The molecule has 0 aliphatic heterocycles. The second-order valence-corrected chi connectivity index (χ2v) is 10.8. The molecule has 0 aliphatic carbocycles. The van der Waals surface area contributed by atoms with E-state index in [9.17, 15) is 24.2 Å². The Morgan fingerprint density at radius 1 is 0.838 bits per heavy atom. The molecule has 0 bridgehead atoms. The van der Waals surface area contributed by atoms with Crippen molar-refractivity contribution in [1.29, 1.82) is 0 Å². The maximum absolute atomic E-state index is 13.4. The minimum absolute atomic E-state index is 0.0144. The first kappa shape index (κ1) is 27.9. The van der Waals surface area contributed by atoms with Crippen LogP contribution in [0.3, 0.4) is 0 Å². The van der Waals surface area contributed by atoms with Gasteiger partial charge in [0.2, 0.25) is 7.37 Å². The molecular formula is C28H30NO7P. The number of carboxylic acids is 1. The Morgan fingerprint density at radius 3 is 1.89 bits per heavy atom. The van der Waals surface area contributed by atoms with Gasteiger partial charge in [-0.25, -0.2) is 9.59 Å². The van der Waals surface area contributed by atoms with Gasteiger partial charge in [-0.1, -0.05) is 91.0 Å². The summed E-state index contributed by atoms with van der Waals surface area (Å²) < 4.78 is 24.2. The third kappa shape index (κ3) is 9.69. The van der Waals surface area contributed by atoms with Gasteiger partial charge < -0.3 is 24.8 Å². The minimum Gasteiger partial charge on any atom is -0.478 e. The van der Waals surface area contributed by atoms with E-state index in [1.807, 2.05) is 36.4 Å². The Kier molecular flexibility index (Phi) is 10.6. The van der Waals surface area contributed by atoms with Crippen LogP contribution in [0.2, 0.25) is 0 Å². The van der Waals surface area contributed by atoms with E-state index in [4.69, 9.17) is 9.47 Å². The van der Waals surface area contributed by atoms with Crippen LogP contribution in [0.1, 0.15) is 16.7 Å². The number of ether oxygens (including phenoxy) is 2. The molecule has 0 aliphatic rings. The SMILES string of the molecule is O=C(N[C@H](Cc1ccccc1)P(=O)(O)C/C(=C/COCc1ccccc1)C(=O)O)OCc1ccccc1. The number of amides is 1. The molecule has 194 valence electrons. The zero-order valence-electron chi connectivity index (χ0n) is 20.2. The molecule has 0 saturated carbocycles. The number of hydrogen-bond acceptors (Lipinski definition) is 5. The van der Waals surface area contributed by atoms with Gasteiger partial charge >= 0.3 is 12.1 Å². The van der Waals surface area contributed by atoms with Crippen LogP contribution in [-0.2, 0) is 38.5 Å². The summed E-state index contributed by atoms with van der Waals surface area (Å²) in [6.45, 7) is 0.207. The topological polar surface area (TPSA) is 122 Å². The molecule has 8 nitrogen and oxygen atoms in total. The van der Waals surface area contributed by atoms with Gasteiger partial charge in [-0.15, -0.1) is 0 Å². The maximum Gasteiger partial charge on any atom is 0.408 e. The molecule has 0 fully saturated rings. The van der Waals surface area contributed by atoms with E-state index in [1.165, 1.54) is 6.08 Å². The normalized spacial score (nSPS) is 13.8. The zero-order chi connectivity index (χ0) is 26.5. The fourth-order valence-electron chi connectivity index (χ4n) is 3.52. The van der Waals surface area contributed by atoms with E-state index in [2.05, 4.69) is 5.32 Å². The number of alkyl carbamates (subject to hydrolysis) is 1. The van der Waals surface area contributed by atoms with Crippen LogP contribution >= 0.6 is 7.37 Å². The molecule has 9 heteroatoms. The molecule has 0 aromatic heterocycles. The van der Waals surface area contributed by atoms with Crippen LogP contribution in [-0.4, -0.2) is 40.6 Å². The smallest absolute Gasteiger partial charge is 0.408 e. The number of nitrogens with one attached hydrogen (secondary N) is 1. The summed E-state index contributed by atoms with van der Waals surface area (Å²) >= 11 is 0. The molecule has 3 aromatic carbocycles. The van der Waals surface area contributed by atoms with E-state index >= 15 is 0 Å². The van der Waals surface area contributed by atoms with Crippen LogP contribution in [0.15, 0.2) is 103 Å². The first-order valence-electron chi connectivity index (χ1n) is 11.7. The molecule has 3 aromatic rings. The Balaban J connectivity index is 1.68. The van der Waals surface area contributed by atoms with E-state index in [0.29, 0.717) is 5.56 Å². The summed E-state index contributed by atoms with van der Waals surface area (Å²) in [6.07, 6.45) is -0.215. The van der Waals surface area contributed by atoms with Gasteiger partial charge in [-0.3, -0.25) is 4.57 Å². The average molecular weight is 524 g/mol. The van der Waals surface area contributed by atoms with Gasteiger partial charge in [0.1, 0.15) is 12.4 Å². The third-order valence-corrected chi connectivity index (χ3v) is 7.57. The van der Waals surface area contributed by atoms with Gasteiger partial charge in [-0.2, -0.15) is 0 Å². The predicted molar refractivity (Wildman–Crippen MR) is 140 cm³/mol. The lowest BCUT2D eigenvalue weighted by Crippen LogP contribution is -2.37. The fraction of sp³-hybridized carbons (Fsp3) is 0.214. The van der Waals surface area contributed by atoms with Gasteiger partial charge in [0, 0.05) is 12.0 Å². The van der Waals surface area contributed by atoms with E-state index in [-0.39, 0.29) is 31.8 Å². The monoisotopic (exact) mass is 523 g/mol. The first-order chi connectivity index (χ1) is 17.8. The lowest BCUT2D eigenvalue weighted by atomic mass is 10.1. The highest BCUT2D eigenvalue weighted by Crippen LogP contribution is 2.48. The number of aliphatic carboxylic acids is 1. The van der Waals surface area contributed by atoms with Crippen LogP contribution in [0.4, 0.5) is 4.79 Å². The van der Waals surface area contributed by atoms with E-state index in [0.717, 1.165) is 11.1 Å². The van der Waals surface area contributed by atoms with Gasteiger partial charge in [0.05, 0.1) is 19.4 Å². The summed E-state index contributed by atoms with van der Waals surface area (Å²) in [7, 11) is -4.25. The Hall–Kier alpha value is -3.71. The second-order valence-electron chi connectivity index (χ2n) is 8.36. The molecule has 37 heavy (non-hydrogen) atoms. The fourth-order valence-corrected chi connectivity index (χ4v) is 5.29. The van der Waals surface area contributed by atoms with Crippen molar-refractivity contribution in [3.05, 3.63) is 119 Å². The molecular weight excluding hydrogens is 493 g/mol. The molecule has 3 N–H and O–H groups in total. The highest BCUT2D eigenvalue weighted by atomic mass is 31.2. The van der Waals surface area contributed by atoms with Gasteiger partial charge in [-0.05, 0) is 22.8 Å². The van der Waals surface area contributed by atoms with Crippen molar-refractivity contribution < 1.29 is 33.6 Å². The summed E-state index contributed by atoms with van der Waals surface area (Å²) in [4.78, 5) is 35.3. The van der Waals surface area contributed by atoms with E-state index in [1.54, 1.807) is 54.6 Å². The van der Waals surface area contributed by atoms with Crippen LogP contribution in [0.5, 0.6) is 0 Å². The Bertz CT molecular complexity index is 1220. The Labute approximate surface area is 216 Å². The van der Waals surface area contributed by atoms with Crippen molar-refractivity contribution in [3.63, 3.8) is 0 Å². The summed E-state index contributed by atoms with van der Waals surface area (Å²) in [5, 5.41) is 12.1. The van der Waals surface area contributed by atoms with Crippen molar-refractivity contribution in [2.75, 3.05) is 12.8 Å². The number of carbonyl (C=O) groups is 2. The largest absolute Gasteiger partial charge is 0.478 e. The minimum atomic E-state index is -4.25. The summed E-state index contributed by atoms with van der Waals surface area (Å²) in [5.74, 6) is -2.59. The lowest BCUT2D eigenvalue weighted by Gasteiger charge is -2.24. The maximum atomic E-state index is 13.4. The quantitative estimate of drug-likeness (QED) is 0.164. The number of benzene rings is 3. The molecule has 0 heterocycles.